The zero-order chi connectivity index (χ0) is 9.64. The summed E-state index contributed by atoms with van der Waals surface area (Å²) in [4.78, 5) is 2.61. The van der Waals surface area contributed by atoms with Crippen molar-refractivity contribution in [2.45, 2.75) is 70.2 Å². The van der Waals surface area contributed by atoms with Crippen LogP contribution >= 0.6 is 0 Å². The Morgan fingerprint density at radius 2 is 1.69 bits per heavy atom. The molecule has 2 bridgehead atoms. The van der Waals surface area contributed by atoms with E-state index in [1.54, 1.807) is 0 Å². The monoisotopic (exact) mass is 183 g/mol. The molecule has 0 aliphatic carbocycles. The van der Waals surface area contributed by atoms with Gasteiger partial charge in [0.25, 0.3) is 0 Å². The van der Waals surface area contributed by atoms with Crippen molar-refractivity contribution in [3.8, 4) is 0 Å². The first-order chi connectivity index (χ1) is 5.99. The molecule has 0 aromatic heterocycles. The quantitative estimate of drug-likeness (QED) is 0.669. The number of aliphatic hydroxyl groups is 1. The molecule has 2 aliphatic rings. The normalized spacial score (nSPS) is 45.9. The predicted molar refractivity (Wildman–Crippen MR) is 53.6 cm³/mol. The molecular formula is C11H21NO. The fourth-order valence-electron chi connectivity index (χ4n) is 3.34. The van der Waals surface area contributed by atoms with Crippen LogP contribution in [0.15, 0.2) is 0 Å². The lowest BCUT2D eigenvalue weighted by Gasteiger charge is -2.44. The first kappa shape index (κ1) is 9.47. The maximum Gasteiger partial charge on any atom is 0.0649 e. The third kappa shape index (κ3) is 1.62. The minimum atomic E-state index is -0.392. The molecule has 3 atom stereocenters. The topological polar surface area (TPSA) is 23.5 Å². The molecule has 0 aromatic rings. The van der Waals surface area contributed by atoms with Crippen molar-refractivity contribution in [2.24, 2.45) is 0 Å². The van der Waals surface area contributed by atoms with E-state index < -0.39 is 5.60 Å². The Kier molecular flexibility index (Phi) is 2.16. The highest BCUT2D eigenvalue weighted by Gasteiger charge is 2.45. The number of hydrogen-bond donors (Lipinski definition) is 1. The van der Waals surface area contributed by atoms with Crippen LogP contribution in [0.1, 0.15) is 46.5 Å². The molecule has 1 unspecified atom stereocenters. The van der Waals surface area contributed by atoms with Crippen LogP contribution in [0, 0.1) is 0 Å². The van der Waals surface area contributed by atoms with E-state index in [9.17, 15) is 5.11 Å². The fraction of sp³-hybridized carbons (Fsp3) is 1.00. The van der Waals surface area contributed by atoms with Gasteiger partial charge in [-0.3, -0.25) is 4.90 Å². The Morgan fingerprint density at radius 1 is 1.23 bits per heavy atom. The number of rotatable bonds is 1. The Hall–Kier alpha value is -0.0800. The first-order valence-electron chi connectivity index (χ1n) is 5.49. The Bertz CT molecular complexity index is 184. The number of nitrogens with zero attached hydrogens (tertiary/aromatic N) is 1. The lowest BCUT2D eigenvalue weighted by Crippen LogP contribution is -2.52. The highest BCUT2D eigenvalue weighted by molar-refractivity contribution is 5.01. The van der Waals surface area contributed by atoms with E-state index in [0.717, 1.165) is 12.8 Å². The smallest absolute Gasteiger partial charge is 0.0649 e. The van der Waals surface area contributed by atoms with Gasteiger partial charge in [0.2, 0.25) is 0 Å². The molecule has 1 N–H and O–H groups in total. The Labute approximate surface area is 80.9 Å². The van der Waals surface area contributed by atoms with Crippen molar-refractivity contribution < 1.29 is 5.11 Å². The van der Waals surface area contributed by atoms with E-state index in [4.69, 9.17) is 0 Å². The van der Waals surface area contributed by atoms with E-state index in [2.05, 4.69) is 18.7 Å². The maximum absolute atomic E-state index is 10.0. The molecule has 13 heavy (non-hydrogen) atoms. The van der Waals surface area contributed by atoms with Crippen LogP contribution in [0.3, 0.4) is 0 Å². The fourth-order valence-corrected chi connectivity index (χ4v) is 3.34. The maximum atomic E-state index is 10.0. The summed E-state index contributed by atoms with van der Waals surface area (Å²) in [6.07, 6.45) is 4.53. The zero-order valence-electron chi connectivity index (χ0n) is 8.95. The second-order valence-corrected chi connectivity index (χ2v) is 5.33. The van der Waals surface area contributed by atoms with Gasteiger partial charge in [0.05, 0.1) is 5.60 Å². The molecule has 0 spiro atoms. The summed E-state index contributed by atoms with van der Waals surface area (Å²) in [6, 6.07) is 1.94. The van der Waals surface area contributed by atoms with Crippen molar-refractivity contribution in [3.63, 3.8) is 0 Å². The molecule has 2 rings (SSSR count). The molecule has 2 saturated heterocycles. The van der Waals surface area contributed by atoms with E-state index >= 15 is 0 Å². The molecule has 2 aliphatic heterocycles. The van der Waals surface area contributed by atoms with Crippen molar-refractivity contribution in [3.05, 3.63) is 0 Å². The molecule has 0 saturated carbocycles. The molecule has 0 aromatic carbocycles. The van der Waals surface area contributed by atoms with Gasteiger partial charge in [-0.25, -0.2) is 0 Å². The molecule has 2 fully saturated rings. The van der Waals surface area contributed by atoms with Crippen molar-refractivity contribution >= 4 is 0 Å². The zero-order valence-corrected chi connectivity index (χ0v) is 8.95. The summed E-state index contributed by atoms with van der Waals surface area (Å²) in [5.41, 5.74) is -0.392. The van der Waals surface area contributed by atoms with Gasteiger partial charge < -0.3 is 5.11 Å². The molecule has 2 heterocycles. The van der Waals surface area contributed by atoms with Gasteiger partial charge >= 0.3 is 0 Å². The third-order valence-electron chi connectivity index (χ3n) is 3.62. The summed E-state index contributed by atoms with van der Waals surface area (Å²) in [5.74, 6) is 0. The average Bonchev–Trinajstić information content (AvgIpc) is 2.23. The summed E-state index contributed by atoms with van der Waals surface area (Å²) in [5, 5.41) is 10.0. The largest absolute Gasteiger partial charge is 0.390 e. The number of hydrogen-bond acceptors (Lipinski definition) is 2. The lowest BCUT2D eigenvalue weighted by molar-refractivity contribution is -0.0480. The van der Waals surface area contributed by atoms with Gasteiger partial charge in [-0.1, -0.05) is 0 Å². The van der Waals surface area contributed by atoms with Crippen LogP contribution in [-0.2, 0) is 0 Å². The van der Waals surface area contributed by atoms with Gasteiger partial charge in [-0.2, -0.15) is 0 Å². The van der Waals surface area contributed by atoms with Gasteiger partial charge in [-0.15, -0.1) is 0 Å². The van der Waals surface area contributed by atoms with Crippen LogP contribution in [0.2, 0.25) is 0 Å². The van der Waals surface area contributed by atoms with Crippen LogP contribution < -0.4 is 0 Å². The lowest BCUT2D eigenvalue weighted by atomic mass is 9.87. The van der Waals surface area contributed by atoms with Crippen LogP contribution in [0.25, 0.3) is 0 Å². The minimum absolute atomic E-state index is 0.392. The van der Waals surface area contributed by atoms with E-state index in [1.807, 2.05) is 6.92 Å². The number of piperidine rings is 1. The molecule has 2 heteroatoms. The standard InChI is InChI=1S/C11H21NO/c1-8(2)12-9-4-5-10(12)7-11(3,13)6-9/h8-10,13H,4-7H2,1-3H3/t9-,10+,11?. The summed E-state index contributed by atoms with van der Waals surface area (Å²) in [7, 11) is 0. The van der Waals surface area contributed by atoms with Crippen LogP contribution in [0.5, 0.6) is 0 Å². The highest BCUT2D eigenvalue weighted by Crippen LogP contribution is 2.41. The Balaban J connectivity index is 2.13. The molecule has 2 nitrogen and oxygen atoms in total. The van der Waals surface area contributed by atoms with E-state index in [0.29, 0.717) is 18.1 Å². The molecular weight excluding hydrogens is 162 g/mol. The SMILES string of the molecule is CC(C)N1[C@@H]2CC[C@H]1CC(C)(O)C2. The van der Waals surface area contributed by atoms with E-state index in [-0.39, 0.29) is 0 Å². The van der Waals surface area contributed by atoms with Gasteiger partial charge in [0.15, 0.2) is 0 Å². The molecule has 0 amide bonds. The van der Waals surface area contributed by atoms with Crippen LogP contribution in [-0.4, -0.2) is 33.7 Å². The minimum Gasteiger partial charge on any atom is -0.390 e. The highest BCUT2D eigenvalue weighted by atomic mass is 16.3. The van der Waals surface area contributed by atoms with Crippen molar-refractivity contribution in [1.82, 2.24) is 4.90 Å². The molecule has 0 radical (unpaired) electrons. The summed E-state index contributed by atoms with van der Waals surface area (Å²) < 4.78 is 0. The second-order valence-electron chi connectivity index (χ2n) is 5.33. The Morgan fingerprint density at radius 3 is 2.08 bits per heavy atom. The van der Waals surface area contributed by atoms with Crippen LogP contribution in [0.4, 0.5) is 0 Å². The molecule has 76 valence electrons. The van der Waals surface area contributed by atoms with Crippen molar-refractivity contribution in [2.75, 3.05) is 0 Å². The van der Waals surface area contributed by atoms with Crippen molar-refractivity contribution in [1.29, 1.82) is 0 Å². The first-order valence-corrected chi connectivity index (χ1v) is 5.49. The summed E-state index contributed by atoms with van der Waals surface area (Å²) in [6.45, 7) is 6.53. The average molecular weight is 183 g/mol. The van der Waals surface area contributed by atoms with Gasteiger partial charge in [-0.05, 0) is 46.5 Å². The predicted octanol–water partition coefficient (Wildman–Crippen LogP) is 1.77. The van der Waals surface area contributed by atoms with Gasteiger partial charge in [0, 0.05) is 18.1 Å². The van der Waals surface area contributed by atoms with Gasteiger partial charge in [0.1, 0.15) is 0 Å². The second kappa shape index (κ2) is 2.96. The third-order valence-corrected chi connectivity index (χ3v) is 3.62. The number of fused-ring (bicyclic) bond motifs is 2. The van der Waals surface area contributed by atoms with E-state index in [1.165, 1.54) is 12.8 Å². The summed E-state index contributed by atoms with van der Waals surface area (Å²) >= 11 is 0.